The molecule has 4 heterocycles. The summed E-state index contributed by atoms with van der Waals surface area (Å²) < 4.78 is 67.2. The molecule has 1 fully saturated rings. The maximum atomic E-state index is 14.0. The van der Waals surface area contributed by atoms with E-state index in [4.69, 9.17) is 0 Å². The average molecular weight is 534 g/mol. The molecule has 0 aromatic carbocycles. The molecule has 14 heteroatoms. The lowest BCUT2D eigenvalue weighted by molar-refractivity contribution is 0.0568. The second-order valence-corrected chi connectivity index (χ2v) is 8.91. The maximum Gasteiger partial charge on any atom is 0.333 e. The molecule has 4 aromatic heterocycles. The monoisotopic (exact) mass is 533 g/mol. The molecule has 0 saturated heterocycles. The van der Waals surface area contributed by atoms with Crippen LogP contribution in [-0.2, 0) is 6.54 Å². The van der Waals surface area contributed by atoms with E-state index in [1.807, 2.05) is 0 Å². The van der Waals surface area contributed by atoms with Gasteiger partial charge in [0, 0.05) is 48.1 Å². The number of alkyl halides is 5. The SMILES string of the molecule is FC(F)Cn1cc(-c2nccc(Nc3cc(NC4CCCC(F)C4)c(-c4ccn(C(F)F)n4)cn3)n2)cn1. The molecule has 1 aliphatic rings. The molecule has 0 radical (unpaired) electrons. The smallest absolute Gasteiger partial charge is 0.333 e. The van der Waals surface area contributed by atoms with Gasteiger partial charge in [0.2, 0.25) is 0 Å². The van der Waals surface area contributed by atoms with E-state index in [2.05, 4.69) is 35.8 Å². The summed E-state index contributed by atoms with van der Waals surface area (Å²) in [6.45, 7) is -3.32. The van der Waals surface area contributed by atoms with Gasteiger partial charge in [-0.15, -0.1) is 0 Å². The van der Waals surface area contributed by atoms with Gasteiger partial charge in [-0.25, -0.2) is 32.8 Å². The van der Waals surface area contributed by atoms with Gasteiger partial charge in [-0.05, 0) is 37.8 Å². The highest BCUT2D eigenvalue weighted by Gasteiger charge is 2.23. The van der Waals surface area contributed by atoms with Crippen molar-refractivity contribution in [2.45, 2.75) is 57.4 Å². The van der Waals surface area contributed by atoms with E-state index in [0.29, 0.717) is 51.7 Å². The van der Waals surface area contributed by atoms with Crippen molar-refractivity contribution in [1.29, 1.82) is 0 Å². The van der Waals surface area contributed by atoms with Crippen molar-refractivity contribution in [2.24, 2.45) is 0 Å². The van der Waals surface area contributed by atoms with Crippen LogP contribution in [0.2, 0.25) is 0 Å². The number of nitrogens with one attached hydrogen (secondary N) is 2. The van der Waals surface area contributed by atoms with E-state index in [-0.39, 0.29) is 11.9 Å². The van der Waals surface area contributed by atoms with Gasteiger partial charge in [0.25, 0.3) is 6.43 Å². The minimum absolute atomic E-state index is 0.139. The first kappa shape index (κ1) is 25.5. The number of aromatic nitrogens is 7. The highest BCUT2D eigenvalue weighted by atomic mass is 19.3. The van der Waals surface area contributed by atoms with Gasteiger partial charge in [0.05, 0.1) is 17.5 Å². The van der Waals surface area contributed by atoms with E-state index in [1.54, 1.807) is 12.1 Å². The van der Waals surface area contributed by atoms with Crippen LogP contribution in [0.25, 0.3) is 22.6 Å². The normalized spacial score (nSPS) is 17.8. The Morgan fingerprint density at radius 3 is 2.68 bits per heavy atom. The lowest BCUT2D eigenvalue weighted by Crippen LogP contribution is -2.28. The first-order valence-electron chi connectivity index (χ1n) is 12.0. The minimum Gasteiger partial charge on any atom is -0.382 e. The highest BCUT2D eigenvalue weighted by molar-refractivity contribution is 5.78. The topological polar surface area (TPSA) is 98.4 Å². The summed E-state index contributed by atoms with van der Waals surface area (Å²) in [5, 5.41) is 14.3. The quantitative estimate of drug-likeness (QED) is 0.267. The first-order chi connectivity index (χ1) is 18.3. The van der Waals surface area contributed by atoms with E-state index < -0.39 is 25.7 Å². The molecule has 1 aliphatic carbocycles. The Bertz CT molecular complexity index is 1370. The molecule has 200 valence electrons. The Morgan fingerprint density at radius 2 is 1.92 bits per heavy atom. The van der Waals surface area contributed by atoms with Crippen molar-refractivity contribution < 1.29 is 22.0 Å². The second-order valence-electron chi connectivity index (χ2n) is 8.91. The van der Waals surface area contributed by atoms with E-state index in [0.717, 1.165) is 17.5 Å². The number of pyridine rings is 1. The van der Waals surface area contributed by atoms with Gasteiger partial charge in [-0.3, -0.25) is 4.68 Å². The number of rotatable bonds is 9. The van der Waals surface area contributed by atoms with Crippen LogP contribution < -0.4 is 10.6 Å². The fraction of sp³-hybridized carbons (Fsp3) is 0.375. The number of hydrogen-bond donors (Lipinski definition) is 2. The molecule has 5 rings (SSSR count). The lowest BCUT2D eigenvalue weighted by Gasteiger charge is -2.27. The summed E-state index contributed by atoms with van der Waals surface area (Å²) in [6.07, 6.45) is 5.92. The number of hydrogen-bond acceptors (Lipinski definition) is 7. The summed E-state index contributed by atoms with van der Waals surface area (Å²) in [7, 11) is 0. The van der Waals surface area contributed by atoms with E-state index >= 15 is 0 Å². The van der Waals surface area contributed by atoms with Crippen molar-refractivity contribution in [2.75, 3.05) is 10.6 Å². The fourth-order valence-electron chi connectivity index (χ4n) is 4.34. The molecule has 0 bridgehead atoms. The first-order valence-corrected chi connectivity index (χ1v) is 12.0. The largest absolute Gasteiger partial charge is 0.382 e. The zero-order valence-corrected chi connectivity index (χ0v) is 20.0. The van der Waals surface area contributed by atoms with Crippen molar-refractivity contribution in [3.05, 3.63) is 49.2 Å². The zero-order valence-electron chi connectivity index (χ0n) is 20.0. The Labute approximate surface area is 214 Å². The molecule has 0 aliphatic heterocycles. The van der Waals surface area contributed by atoms with E-state index in [1.165, 1.54) is 37.1 Å². The Kier molecular flexibility index (Phi) is 7.47. The number of halogens is 5. The molecule has 0 spiro atoms. The van der Waals surface area contributed by atoms with Gasteiger partial charge in [-0.1, -0.05) is 0 Å². The third-order valence-corrected chi connectivity index (χ3v) is 6.09. The molecule has 2 atom stereocenters. The second kappa shape index (κ2) is 11.1. The molecule has 9 nitrogen and oxygen atoms in total. The summed E-state index contributed by atoms with van der Waals surface area (Å²) in [4.78, 5) is 13.0. The van der Waals surface area contributed by atoms with Crippen LogP contribution in [0.15, 0.2) is 49.2 Å². The van der Waals surface area contributed by atoms with Gasteiger partial charge in [0.15, 0.2) is 5.82 Å². The van der Waals surface area contributed by atoms with Crippen molar-refractivity contribution in [3.63, 3.8) is 0 Å². The molecule has 0 amide bonds. The number of nitrogens with zero attached hydrogens (tertiary/aromatic N) is 7. The van der Waals surface area contributed by atoms with Crippen LogP contribution in [0.4, 0.5) is 39.3 Å². The van der Waals surface area contributed by atoms with Crippen molar-refractivity contribution >= 4 is 17.3 Å². The third kappa shape index (κ3) is 6.06. The van der Waals surface area contributed by atoms with Crippen LogP contribution >= 0.6 is 0 Å². The average Bonchev–Trinajstić information content (AvgIpc) is 3.55. The lowest BCUT2D eigenvalue weighted by atomic mass is 9.93. The predicted molar refractivity (Wildman–Crippen MR) is 130 cm³/mol. The highest BCUT2D eigenvalue weighted by Crippen LogP contribution is 2.33. The minimum atomic E-state index is -2.78. The molecular formula is C24H24F5N9. The van der Waals surface area contributed by atoms with Gasteiger partial charge >= 0.3 is 6.55 Å². The van der Waals surface area contributed by atoms with Crippen molar-refractivity contribution in [1.82, 2.24) is 34.5 Å². The summed E-state index contributed by atoms with van der Waals surface area (Å²) >= 11 is 0. The van der Waals surface area contributed by atoms with Crippen LogP contribution in [0.5, 0.6) is 0 Å². The zero-order chi connectivity index (χ0) is 26.6. The molecule has 1 saturated carbocycles. The van der Waals surface area contributed by atoms with Crippen LogP contribution in [0.1, 0.15) is 32.2 Å². The summed E-state index contributed by atoms with van der Waals surface area (Å²) in [5.74, 6) is 1.04. The van der Waals surface area contributed by atoms with Gasteiger partial charge in [-0.2, -0.15) is 19.0 Å². The van der Waals surface area contributed by atoms with Crippen LogP contribution in [0.3, 0.4) is 0 Å². The fourth-order valence-corrected chi connectivity index (χ4v) is 4.34. The van der Waals surface area contributed by atoms with Crippen LogP contribution in [-0.4, -0.2) is 53.2 Å². The van der Waals surface area contributed by atoms with Crippen LogP contribution in [0, 0.1) is 0 Å². The standard InChI is InChI=1S/C24H24F5N9/c25-15-2-1-3-16(8-15)33-19-9-22(31-11-17(19)18-5-7-38(36-18)24(28)29)34-21-4-6-30-23(35-21)14-10-32-37(12-14)13-20(26)27/h4-7,9-12,15-16,20,24H,1-3,8,13H2,(H2,30,31,33,34,35). The maximum absolute atomic E-state index is 14.0. The Morgan fingerprint density at radius 1 is 1.05 bits per heavy atom. The summed E-state index contributed by atoms with van der Waals surface area (Å²) in [5.41, 5.74) is 1.81. The Balaban J connectivity index is 1.41. The molecular weight excluding hydrogens is 509 g/mol. The molecule has 4 aromatic rings. The summed E-state index contributed by atoms with van der Waals surface area (Å²) in [6, 6.07) is 4.61. The predicted octanol–water partition coefficient (Wildman–Crippen LogP) is 5.70. The van der Waals surface area contributed by atoms with Gasteiger partial charge in [0.1, 0.15) is 24.4 Å². The van der Waals surface area contributed by atoms with E-state index in [9.17, 15) is 22.0 Å². The Hall–Kier alpha value is -4.10. The molecule has 2 unspecified atom stereocenters. The molecule has 38 heavy (non-hydrogen) atoms. The van der Waals surface area contributed by atoms with Gasteiger partial charge < -0.3 is 10.6 Å². The molecule has 2 N–H and O–H groups in total. The number of anilines is 3. The third-order valence-electron chi connectivity index (χ3n) is 6.09. The van der Waals surface area contributed by atoms with Crippen molar-refractivity contribution in [3.8, 4) is 22.6 Å².